The largest absolute Gasteiger partial charge is 0.384 e. The summed E-state index contributed by atoms with van der Waals surface area (Å²) in [6.45, 7) is 1.07. The number of hydrogen-bond donors (Lipinski definition) is 2. The lowest BCUT2D eigenvalue weighted by atomic mass is 9.81. The summed E-state index contributed by atoms with van der Waals surface area (Å²) in [4.78, 5) is 0. The second-order valence-corrected chi connectivity index (χ2v) is 4.29. The highest BCUT2D eigenvalue weighted by molar-refractivity contribution is 5.11. The summed E-state index contributed by atoms with van der Waals surface area (Å²) in [5.41, 5.74) is -0.543. The molecule has 1 saturated heterocycles. The molecular formula is C11H19NO. The number of aliphatic hydroxyl groups is 1. The zero-order chi connectivity index (χ0) is 9.15. The Hall–Kier alpha value is -0.340. The van der Waals surface area contributed by atoms with E-state index in [-0.39, 0.29) is 0 Å². The van der Waals surface area contributed by atoms with E-state index in [4.69, 9.17) is 0 Å². The third kappa shape index (κ3) is 1.94. The molecule has 0 radical (unpaired) electrons. The summed E-state index contributed by atoms with van der Waals surface area (Å²) in [5, 5.41) is 13.8. The molecule has 0 spiro atoms. The van der Waals surface area contributed by atoms with Gasteiger partial charge in [-0.15, -0.1) is 0 Å². The standard InChI is InChI=1S/C11H19NO/c13-11(7-3-1-4-8-11)10-6-2-5-9-12-10/h3,7,10,12-13H,1-2,4-6,8-9H2. The molecular weight excluding hydrogens is 162 g/mol. The summed E-state index contributed by atoms with van der Waals surface area (Å²) in [7, 11) is 0. The Morgan fingerprint density at radius 1 is 1.31 bits per heavy atom. The van der Waals surface area contributed by atoms with E-state index in [0.29, 0.717) is 6.04 Å². The zero-order valence-electron chi connectivity index (χ0n) is 8.13. The molecule has 74 valence electrons. The van der Waals surface area contributed by atoms with E-state index < -0.39 is 5.60 Å². The first-order chi connectivity index (χ1) is 6.31. The van der Waals surface area contributed by atoms with Crippen molar-refractivity contribution in [3.05, 3.63) is 12.2 Å². The fourth-order valence-corrected chi connectivity index (χ4v) is 2.44. The van der Waals surface area contributed by atoms with E-state index in [2.05, 4.69) is 11.4 Å². The predicted octanol–water partition coefficient (Wildman–Crippen LogP) is 1.60. The molecule has 1 heterocycles. The van der Waals surface area contributed by atoms with E-state index in [0.717, 1.165) is 32.2 Å². The highest BCUT2D eigenvalue weighted by Crippen LogP contribution is 2.29. The van der Waals surface area contributed by atoms with Crippen molar-refractivity contribution >= 4 is 0 Å². The summed E-state index contributed by atoms with van der Waals surface area (Å²) in [6.07, 6.45) is 11.0. The van der Waals surface area contributed by atoms with Crippen molar-refractivity contribution in [1.29, 1.82) is 0 Å². The molecule has 0 saturated carbocycles. The van der Waals surface area contributed by atoms with Crippen LogP contribution < -0.4 is 5.32 Å². The van der Waals surface area contributed by atoms with E-state index >= 15 is 0 Å². The number of allylic oxidation sites excluding steroid dienone is 1. The second kappa shape index (κ2) is 3.81. The van der Waals surface area contributed by atoms with Crippen LogP contribution in [0.2, 0.25) is 0 Å². The molecule has 2 aliphatic rings. The average molecular weight is 181 g/mol. The van der Waals surface area contributed by atoms with Crippen LogP contribution in [-0.4, -0.2) is 23.3 Å². The molecule has 1 aliphatic heterocycles. The SMILES string of the molecule is OC1(C2CCCCN2)C=CCCC1. The average Bonchev–Trinajstić information content (AvgIpc) is 2.20. The molecule has 0 amide bonds. The minimum Gasteiger partial charge on any atom is -0.384 e. The highest BCUT2D eigenvalue weighted by atomic mass is 16.3. The van der Waals surface area contributed by atoms with Gasteiger partial charge in [0.25, 0.3) is 0 Å². The van der Waals surface area contributed by atoms with Crippen molar-refractivity contribution in [2.24, 2.45) is 0 Å². The minimum atomic E-state index is -0.543. The van der Waals surface area contributed by atoms with Crippen LogP contribution in [0.1, 0.15) is 38.5 Å². The summed E-state index contributed by atoms with van der Waals surface area (Å²) in [5.74, 6) is 0. The lowest BCUT2D eigenvalue weighted by Crippen LogP contribution is -2.52. The number of nitrogens with one attached hydrogen (secondary N) is 1. The highest BCUT2D eigenvalue weighted by Gasteiger charge is 2.35. The van der Waals surface area contributed by atoms with Gasteiger partial charge in [-0.05, 0) is 38.6 Å². The first-order valence-corrected chi connectivity index (χ1v) is 5.45. The predicted molar refractivity (Wildman–Crippen MR) is 53.6 cm³/mol. The van der Waals surface area contributed by atoms with Crippen LogP contribution in [0.4, 0.5) is 0 Å². The van der Waals surface area contributed by atoms with Gasteiger partial charge in [-0.25, -0.2) is 0 Å². The Morgan fingerprint density at radius 2 is 2.23 bits per heavy atom. The van der Waals surface area contributed by atoms with E-state index in [1.165, 1.54) is 12.8 Å². The van der Waals surface area contributed by atoms with Crippen LogP contribution in [0.25, 0.3) is 0 Å². The molecule has 2 unspecified atom stereocenters. The quantitative estimate of drug-likeness (QED) is 0.602. The Labute approximate surface area is 80.0 Å². The van der Waals surface area contributed by atoms with Gasteiger partial charge in [0.15, 0.2) is 0 Å². The first kappa shape index (κ1) is 9.22. The van der Waals surface area contributed by atoms with Crippen molar-refractivity contribution in [2.45, 2.75) is 50.2 Å². The molecule has 2 N–H and O–H groups in total. The maximum atomic E-state index is 10.3. The monoisotopic (exact) mass is 181 g/mol. The molecule has 2 rings (SSSR count). The topological polar surface area (TPSA) is 32.3 Å². The van der Waals surface area contributed by atoms with Crippen molar-refractivity contribution in [3.63, 3.8) is 0 Å². The Morgan fingerprint density at radius 3 is 2.85 bits per heavy atom. The van der Waals surface area contributed by atoms with Crippen molar-refractivity contribution in [2.75, 3.05) is 6.54 Å². The lowest BCUT2D eigenvalue weighted by Gasteiger charge is -2.38. The van der Waals surface area contributed by atoms with Gasteiger partial charge in [0.05, 0.1) is 5.60 Å². The van der Waals surface area contributed by atoms with Gasteiger partial charge in [0.2, 0.25) is 0 Å². The van der Waals surface area contributed by atoms with Crippen LogP contribution in [0.3, 0.4) is 0 Å². The molecule has 0 aromatic heterocycles. The molecule has 13 heavy (non-hydrogen) atoms. The zero-order valence-corrected chi connectivity index (χ0v) is 8.13. The number of hydrogen-bond acceptors (Lipinski definition) is 2. The van der Waals surface area contributed by atoms with Crippen molar-refractivity contribution in [3.8, 4) is 0 Å². The van der Waals surface area contributed by atoms with Gasteiger partial charge >= 0.3 is 0 Å². The summed E-state index contributed by atoms with van der Waals surface area (Å²) < 4.78 is 0. The third-order valence-electron chi connectivity index (χ3n) is 3.27. The second-order valence-electron chi connectivity index (χ2n) is 4.29. The van der Waals surface area contributed by atoms with E-state index in [9.17, 15) is 5.11 Å². The lowest BCUT2D eigenvalue weighted by molar-refractivity contribution is 0.0244. The maximum absolute atomic E-state index is 10.3. The first-order valence-electron chi connectivity index (χ1n) is 5.45. The Balaban J connectivity index is 2.03. The molecule has 0 aromatic rings. The van der Waals surface area contributed by atoms with Gasteiger partial charge in [0.1, 0.15) is 0 Å². The Bertz CT molecular complexity index is 196. The van der Waals surface area contributed by atoms with Gasteiger partial charge < -0.3 is 10.4 Å². The van der Waals surface area contributed by atoms with Crippen LogP contribution >= 0.6 is 0 Å². The Kier molecular flexibility index (Phi) is 2.70. The molecule has 2 atom stereocenters. The third-order valence-corrected chi connectivity index (χ3v) is 3.27. The fourth-order valence-electron chi connectivity index (χ4n) is 2.44. The van der Waals surface area contributed by atoms with Crippen molar-refractivity contribution < 1.29 is 5.11 Å². The molecule has 0 bridgehead atoms. The van der Waals surface area contributed by atoms with Crippen LogP contribution in [0.5, 0.6) is 0 Å². The molecule has 1 fully saturated rings. The fraction of sp³-hybridized carbons (Fsp3) is 0.818. The van der Waals surface area contributed by atoms with Gasteiger partial charge in [-0.1, -0.05) is 18.6 Å². The van der Waals surface area contributed by atoms with Crippen LogP contribution in [-0.2, 0) is 0 Å². The maximum Gasteiger partial charge on any atom is 0.0980 e. The molecule has 2 heteroatoms. The molecule has 2 nitrogen and oxygen atoms in total. The smallest absolute Gasteiger partial charge is 0.0980 e. The normalized spacial score (nSPS) is 40.5. The minimum absolute atomic E-state index is 0.304. The van der Waals surface area contributed by atoms with Crippen LogP contribution in [0, 0.1) is 0 Å². The van der Waals surface area contributed by atoms with Gasteiger partial charge in [-0.2, -0.15) is 0 Å². The molecule has 1 aliphatic carbocycles. The molecule has 0 aromatic carbocycles. The number of piperidine rings is 1. The summed E-state index contributed by atoms with van der Waals surface area (Å²) in [6, 6.07) is 0.304. The van der Waals surface area contributed by atoms with Crippen LogP contribution in [0.15, 0.2) is 12.2 Å². The number of rotatable bonds is 1. The van der Waals surface area contributed by atoms with E-state index in [1.54, 1.807) is 0 Å². The van der Waals surface area contributed by atoms with Gasteiger partial charge in [0, 0.05) is 6.04 Å². The van der Waals surface area contributed by atoms with E-state index in [1.807, 2.05) is 6.08 Å². The van der Waals surface area contributed by atoms with Crippen molar-refractivity contribution in [1.82, 2.24) is 5.32 Å². The summed E-state index contributed by atoms with van der Waals surface area (Å²) >= 11 is 0. The van der Waals surface area contributed by atoms with Gasteiger partial charge in [-0.3, -0.25) is 0 Å².